The fraction of sp³-hybridized carbons (Fsp3) is 0.154. The molecule has 0 saturated heterocycles. The van der Waals surface area contributed by atoms with Crippen molar-refractivity contribution in [3.63, 3.8) is 0 Å². The fourth-order valence-corrected chi connectivity index (χ4v) is 1.44. The zero-order valence-electron chi connectivity index (χ0n) is 10.1. The second kappa shape index (κ2) is 5.77. The second-order valence-corrected chi connectivity index (χ2v) is 3.71. The number of nitrogens with zero attached hydrogens (tertiary/aromatic N) is 2. The minimum atomic E-state index is -0.228. The molecule has 1 heterocycles. The van der Waals surface area contributed by atoms with Gasteiger partial charge in [0.2, 0.25) is 0 Å². The highest BCUT2D eigenvalue weighted by molar-refractivity contribution is 5.91. The number of nitrogens with one attached hydrogen (secondary N) is 2. The Hall–Kier alpha value is -2.43. The monoisotopic (exact) mass is 242 g/mol. The van der Waals surface area contributed by atoms with Gasteiger partial charge in [-0.05, 0) is 5.56 Å². The predicted molar refractivity (Wildman–Crippen MR) is 69.2 cm³/mol. The zero-order chi connectivity index (χ0) is 12.8. The lowest BCUT2D eigenvalue weighted by Crippen LogP contribution is -2.24. The molecule has 0 atom stereocenters. The quantitative estimate of drug-likeness (QED) is 0.851. The average Bonchev–Trinajstić information content (AvgIpc) is 2.46. The van der Waals surface area contributed by atoms with Gasteiger partial charge in [0, 0.05) is 13.6 Å². The van der Waals surface area contributed by atoms with Gasteiger partial charge in [0.1, 0.15) is 11.5 Å². The third-order valence-electron chi connectivity index (χ3n) is 2.44. The molecule has 1 aromatic carbocycles. The van der Waals surface area contributed by atoms with E-state index < -0.39 is 0 Å². The van der Waals surface area contributed by atoms with Crippen LogP contribution in [0.5, 0.6) is 0 Å². The summed E-state index contributed by atoms with van der Waals surface area (Å²) < 4.78 is 0. The van der Waals surface area contributed by atoms with Gasteiger partial charge in [0.25, 0.3) is 5.91 Å². The van der Waals surface area contributed by atoms with Crippen LogP contribution in [0.25, 0.3) is 0 Å². The third kappa shape index (κ3) is 3.04. The number of amides is 1. The molecule has 18 heavy (non-hydrogen) atoms. The van der Waals surface area contributed by atoms with E-state index in [4.69, 9.17) is 0 Å². The summed E-state index contributed by atoms with van der Waals surface area (Å²) in [5.74, 6) is 0.406. The Kier molecular flexibility index (Phi) is 3.86. The summed E-state index contributed by atoms with van der Waals surface area (Å²) in [4.78, 5) is 19.8. The predicted octanol–water partition coefficient (Wildman–Crippen LogP) is 1.45. The summed E-state index contributed by atoms with van der Waals surface area (Å²) in [6.07, 6.45) is 2.98. The summed E-state index contributed by atoms with van der Waals surface area (Å²) in [7, 11) is 1.75. The summed E-state index contributed by atoms with van der Waals surface area (Å²) >= 11 is 0. The van der Waals surface area contributed by atoms with E-state index in [1.807, 2.05) is 30.3 Å². The number of carbonyl (C=O) groups is 1. The highest BCUT2D eigenvalue weighted by Crippen LogP contribution is 2.01. The second-order valence-electron chi connectivity index (χ2n) is 3.71. The number of hydrogen-bond acceptors (Lipinski definition) is 4. The Labute approximate surface area is 105 Å². The fourth-order valence-electron chi connectivity index (χ4n) is 1.44. The smallest absolute Gasteiger partial charge is 0.271 e. The summed E-state index contributed by atoms with van der Waals surface area (Å²) in [6, 6.07) is 9.71. The maximum Gasteiger partial charge on any atom is 0.271 e. The number of aromatic nitrogens is 2. The van der Waals surface area contributed by atoms with Crippen LogP contribution in [-0.2, 0) is 6.54 Å². The summed E-state index contributed by atoms with van der Waals surface area (Å²) in [6.45, 7) is 0.481. The van der Waals surface area contributed by atoms with E-state index >= 15 is 0 Å². The van der Waals surface area contributed by atoms with Crippen molar-refractivity contribution in [1.29, 1.82) is 0 Å². The van der Waals surface area contributed by atoms with E-state index in [2.05, 4.69) is 20.6 Å². The molecule has 1 amide bonds. The van der Waals surface area contributed by atoms with Crippen molar-refractivity contribution in [2.45, 2.75) is 6.54 Å². The van der Waals surface area contributed by atoms with Crippen LogP contribution in [0.3, 0.4) is 0 Å². The van der Waals surface area contributed by atoms with Gasteiger partial charge >= 0.3 is 0 Å². The molecule has 2 aromatic rings. The van der Waals surface area contributed by atoms with E-state index in [1.165, 1.54) is 12.4 Å². The third-order valence-corrected chi connectivity index (χ3v) is 2.44. The number of anilines is 1. The zero-order valence-corrected chi connectivity index (χ0v) is 10.1. The van der Waals surface area contributed by atoms with Gasteiger partial charge in [-0.2, -0.15) is 0 Å². The molecule has 1 aromatic heterocycles. The maximum absolute atomic E-state index is 11.8. The van der Waals surface area contributed by atoms with Crippen LogP contribution in [-0.4, -0.2) is 22.9 Å². The Morgan fingerprint density at radius 2 is 1.94 bits per heavy atom. The standard InChI is InChI=1S/C13H14N4O/c1-14-12-9-15-11(8-16-12)13(18)17-7-10-5-3-2-4-6-10/h2-6,8-9H,7H2,1H3,(H,14,16)(H,17,18). The normalized spacial score (nSPS) is 9.83. The largest absolute Gasteiger partial charge is 0.372 e. The molecular formula is C13H14N4O. The lowest BCUT2D eigenvalue weighted by Gasteiger charge is -2.05. The molecule has 0 spiro atoms. The van der Waals surface area contributed by atoms with E-state index in [-0.39, 0.29) is 5.91 Å². The van der Waals surface area contributed by atoms with Crippen molar-refractivity contribution < 1.29 is 4.79 Å². The molecule has 5 heteroatoms. The topological polar surface area (TPSA) is 66.9 Å². The van der Waals surface area contributed by atoms with Crippen LogP contribution in [0.15, 0.2) is 42.7 Å². The van der Waals surface area contributed by atoms with Gasteiger partial charge in [-0.1, -0.05) is 30.3 Å². The molecule has 0 saturated carbocycles. The Balaban J connectivity index is 1.95. The molecule has 0 aliphatic heterocycles. The van der Waals surface area contributed by atoms with Crippen LogP contribution < -0.4 is 10.6 Å². The Morgan fingerprint density at radius 3 is 2.56 bits per heavy atom. The van der Waals surface area contributed by atoms with E-state index in [0.29, 0.717) is 18.1 Å². The highest BCUT2D eigenvalue weighted by atomic mass is 16.1. The summed E-state index contributed by atoms with van der Waals surface area (Å²) in [5.41, 5.74) is 1.36. The molecule has 2 rings (SSSR count). The molecule has 0 fully saturated rings. The minimum absolute atomic E-state index is 0.228. The number of hydrogen-bond donors (Lipinski definition) is 2. The number of rotatable bonds is 4. The minimum Gasteiger partial charge on any atom is -0.372 e. The first-order chi connectivity index (χ1) is 8.79. The molecule has 0 radical (unpaired) electrons. The average molecular weight is 242 g/mol. The lowest BCUT2D eigenvalue weighted by molar-refractivity contribution is 0.0945. The van der Waals surface area contributed by atoms with E-state index in [1.54, 1.807) is 7.05 Å². The van der Waals surface area contributed by atoms with Crippen molar-refractivity contribution >= 4 is 11.7 Å². The maximum atomic E-state index is 11.8. The number of carbonyl (C=O) groups excluding carboxylic acids is 1. The first-order valence-electron chi connectivity index (χ1n) is 5.61. The molecule has 92 valence electrons. The SMILES string of the molecule is CNc1cnc(C(=O)NCc2ccccc2)cn1. The molecule has 2 N–H and O–H groups in total. The van der Waals surface area contributed by atoms with Crippen LogP contribution in [0.1, 0.15) is 16.1 Å². The van der Waals surface area contributed by atoms with Crippen molar-refractivity contribution in [3.8, 4) is 0 Å². The van der Waals surface area contributed by atoms with Gasteiger partial charge < -0.3 is 10.6 Å². The molecule has 5 nitrogen and oxygen atoms in total. The lowest BCUT2D eigenvalue weighted by atomic mass is 10.2. The van der Waals surface area contributed by atoms with Crippen molar-refractivity contribution in [2.24, 2.45) is 0 Å². The first kappa shape index (κ1) is 12.0. The molecular weight excluding hydrogens is 228 g/mol. The molecule has 0 aliphatic rings. The van der Waals surface area contributed by atoms with Crippen molar-refractivity contribution in [3.05, 3.63) is 54.0 Å². The Bertz CT molecular complexity index is 510. The van der Waals surface area contributed by atoms with Gasteiger partial charge in [-0.3, -0.25) is 4.79 Å². The summed E-state index contributed by atoms with van der Waals surface area (Å²) in [5, 5.41) is 5.64. The highest BCUT2D eigenvalue weighted by Gasteiger charge is 2.07. The Morgan fingerprint density at radius 1 is 1.17 bits per heavy atom. The molecule has 0 bridgehead atoms. The first-order valence-corrected chi connectivity index (χ1v) is 5.61. The molecule has 0 unspecified atom stereocenters. The van der Waals surface area contributed by atoms with Gasteiger partial charge in [-0.15, -0.1) is 0 Å². The van der Waals surface area contributed by atoms with Crippen LogP contribution >= 0.6 is 0 Å². The van der Waals surface area contributed by atoms with Crippen LogP contribution in [0, 0.1) is 0 Å². The van der Waals surface area contributed by atoms with Crippen LogP contribution in [0.4, 0.5) is 5.82 Å². The van der Waals surface area contributed by atoms with Gasteiger partial charge in [0.15, 0.2) is 0 Å². The van der Waals surface area contributed by atoms with Gasteiger partial charge in [0.05, 0.1) is 12.4 Å². The van der Waals surface area contributed by atoms with E-state index in [9.17, 15) is 4.79 Å². The van der Waals surface area contributed by atoms with Crippen molar-refractivity contribution in [1.82, 2.24) is 15.3 Å². The number of benzene rings is 1. The van der Waals surface area contributed by atoms with E-state index in [0.717, 1.165) is 5.56 Å². The van der Waals surface area contributed by atoms with Crippen LogP contribution in [0.2, 0.25) is 0 Å². The molecule has 0 aliphatic carbocycles. The van der Waals surface area contributed by atoms with Crippen molar-refractivity contribution in [2.75, 3.05) is 12.4 Å². The van der Waals surface area contributed by atoms with Gasteiger partial charge in [-0.25, -0.2) is 9.97 Å².